The van der Waals surface area contributed by atoms with Crippen molar-refractivity contribution < 1.29 is 14.7 Å². The Balaban J connectivity index is 1.79. The normalized spacial score (nSPS) is 19.3. The van der Waals surface area contributed by atoms with Gasteiger partial charge in [-0.3, -0.25) is 14.7 Å². The number of hydrogen-bond acceptors (Lipinski definition) is 3. The maximum absolute atomic E-state index is 12.7. The van der Waals surface area contributed by atoms with Crippen LogP contribution in [0.1, 0.15) is 54.7 Å². The number of carbonyl (C=O) groups excluding carboxylic acids is 1. The highest BCUT2D eigenvalue weighted by molar-refractivity contribution is 9.10. The van der Waals surface area contributed by atoms with Crippen LogP contribution in [0.15, 0.2) is 4.47 Å². The van der Waals surface area contributed by atoms with Gasteiger partial charge in [-0.1, -0.05) is 6.92 Å². The number of carbonyl (C=O) groups is 2. The molecule has 0 aromatic carbocycles. The first-order valence-corrected chi connectivity index (χ1v) is 8.06. The fourth-order valence-corrected chi connectivity index (χ4v) is 3.09. The summed E-state index contributed by atoms with van der Waals surface area (Å²) in [4.78, 5) is 25.4. The average Bonchev–Trinajstić information content (AvgIpc) is 3.34. The van der Waals surface area contributed by atoms with Gasteiger partial charge in [0.25, 0.3) is 5.91 Å². The SMILES string of the molecule is CC(CN(C(=O)c1n[nH]c(C2CC2)c1Br)C1CC1)C(=O)O. The third-order valence-electron chi connectivity index (χ3n) is 4.06. The maximum atomic E-state index is 12.7. The van der Waals surface area contributed by atoms with E-state index in [4.69, 9.17) is 5.11 Å². The molecule has 114 valence electrons. The molecule has 2 aliphatic rings. The van der Waals surface area contributed by atoms with E-state index < -0.39 is 11.9 Å². The van der Waals surface area contributed by atoms with E-state index in [1.54, 1.807) is 11.8 Å². The number of amides is 1. The number of halogens is 1. The van der Waals surface area contributed by atoms with Crippen LogP contribution in [0, 0.1) is 5.92 Å². The molecule has 2 saturated carbocycles. The lowest BCUT2D eigenvalue weighted by atomic mass is 10.1. The maximum Gasteiger partial charge on any atom is 0.308 e. The average molecular weight is 356 g/mol. The fourth-order valence-electron chi connectivity index (χ4n) is 2.42. The lowest BCUT2D eigenvalue weighted by Gasteiger charge is -2.23. The third-order valence-corrected chi connectivity index (χ3v) is 4.86. The van der Waals surface area contributed by atoms with Crippen LogP contribution in [0.4, 0.5) is 0 Å². The highest BCUT2D eigenvalue weighted by atomic mass is 79.9. The van der Waals surface area contributed by atoms with Gasteiger partial charge in [-0.15, -0.1) is 0 Å². The van der Waals surface area contributed by atoms with Crippen LogP contribution in [0.5, 0.6) is 0 Å². The van der Waals surface area contributed by atoms with Gasteiger partial charge in [0.05, 0.1) is 16.1 Å². The van der Waals surface area contributed by atoms with E-state index in [0.717, 1.165) is 35.8 Å². The largest absolute Gasteiger partial charge is 0.481 e. The van der Waals surface area contributed by atoms with E-state index in [2.05, 4.69) is 26.1 Å². The molecule has 2 fully saturated rings. The molecule has 0 saturated heterocycles. The van der Waals surface area contributed by atoms with Gasteiger partial charge in [0, 0.05) is 18.5 Å². The quantitative estimate of drug-likeness (QED) is 0.819. The van der Waals surface area contributed by atoms with Crippen LogP contribution in [0.3, 0.4) is 0 Å². The molecule has 21 heavy (non-hydrogen) atoms. The molecular weight excluding hydrogens is 338 g/mol. The highest BCUT2D eigenvalue weighted by Crippen LogP contribution is 2.43. The first kappa shape index (κ1) is 14.6. The molecule has 6 nitrogen and oxygen atoms in total. The number of rotatable bonds is 6. The van der Waals surface area contributed by atoms with Gasteiger partial charge >= 0.3 is 5.97 Å². The minimum atomic E-state index is -0.881. The van der Waals surface area contributed by atoms with Crippen molar-refractivity contribution in [3.63, 3.8) is 0 Å². The fraction of sp³-hybridized carbons (Fsp3) is 0.643. The minimum Gasteiger partial charge on any atom is -0.481 e. The molecule has 1 amide bonds. The Bertz CT molecular complexity index is 578. The number of H-pyrrole nitrogens is 1. The van der Waals surface area contributed by atoms with Crippen LogP contribution < -0.4 is 0 Å². The molecule has 1 unspecified atom stereocenters. The zero-order chi connectivity index (χ0) is 15.1. The summed E-state index contributed by atoms with van der Waals surface area (Å²) >= 11 is 3.47. The summed E-state index contributed by atoms with van der Waals surface area (Å²) in [6.07, 6.45) is 4.12. The predicted octanol–water partition coefficient (Wildman–Crippen LogP) is 2.37. The Morgan fingerprint density at radius 3 is 2.62 bits per heavy atom. The number of nitrogens with one attached hydrogen (secondary N) is 1. The monoisotopic (exact) mass is 355 g/mol. The molecule has 0 bridgehead atoms. The Kier molecular flexibility index (Phi) is 3.77. The second kappa shape index (κ2) is 5.44. The lowest BCUT2D eigenvalue weighted by Crippen LogP contribution is -2.38. The number of aromatic amines is 1. The van der Waals surface area contributed by atoms with E-state index in [9.17, 15) is 9.59 Å². The smallest absolute Gasteiger partial charge is 0.308 e. The number of carboxylic acid groups (broad SMARTS) is 1. The van der Waals surface area contributed by atoms with Gasteiger partial charge in [-0.2, -0.15) is 5.10 Å². The molecular formula is C14H18BrN3O3. The van der Waals surface area contributed by atoms with Crippen molar-refractivity contribution in [1.82, 2.24) is 15.1 Å². The van der Waals surface area contributed by atoms with Crippen molar-refractivity contribution in [2.24, 2.45) is 5.92 Å². The van der Waals surface area contributed by atoms with Gasteiger partial charge in [-0.25, -0.2) is 0 Å². The van der Waals surface area contributed by atoms with Gasteiger partial charge in [0.1, 0.15) is 0 Å². The van der Waals surface area contributed by atoms with Crippen molar-refractivity contribution in [3.8, 4) is 0 Å². The number of carboxylic acids is 1. The van der Waals surface area contributed by atoms with Gasteiger partial charge in [0.15, 0.2) is 5.69 Å². The number of hydrogen-bond donors (Lipinski definition) is 2. The zero-order valence-corrected chi connectivity index (χ0v) is 13.4. The van der Waals surface area contributed by atoms with Crippen molar-refractivity contribution >= 4 is 27.8 Å². The Labute approximate surface area is 131 Å². The summed E-state index contributed by atoms with van der Waals surface area (Å²) in [5.41, 5.74) is 1.36. The van der Waals surface area contributed by atoms with Crippen molar-refractivity contribution in [3.05, 3.63) is 15.9 Å². The van der Waals surface area contributed by atoms with E-state index >= 15 is 0 Å². The van der Waals surface area contributed by atoms with Crippen LogP contribution in [0.2, 0.25) is 0 Å². The molecule has 0 spiro atoms. The molecule has 1 aromatic heterocycles. The second-order valence-corrected chi connectivity index (χ2v) is 6.80. The van der Waals surface area contributed by atoms with Gasteiger partial charge in [0.2, 0.25) is 0 Å². The molecule has 1 atom stereocenters. The van der Waals surface area contributed by atoms with E-state index in [0.29, 0.717) is 11.6 Å². The number of aliphatic carboxylic acids is 1. The summed E-state index contributed by atoms with van der Waals surface area (Å²) in [5.74, 6) is -1.16. The van der Waals surface area contributed by atoms with Crippen LogP contribution >= 0.6 is 15.9 Å². The van der Waals surface area contributed by atoms with Crippen molar-refractivity contribution in [2.45, 2.75) is 44.6 Å². The third kappa shape index (κ3) is 2.97. The molecule has 2 aliphatic carbocycles. The molecule has 1 heterocycles. The Morgan fingerprint density at radius 2 is 2.10 bits per heavy atom. The standard InChI is InChI=1S/C14H18BrN3O3/c1-7(14(20)21)6-18(9-4-5-9)13(19)12-10(15)11(16-17-12)8-2-3-8/h7-9H,2-6H2,1H3,(H,16,17)(H,20,21). The number of aromatic nitrogens is 2. The van der Waals surface area contributed by atoms with Crippen molar-refractivity contribution in [1.29, 1.82) is 0 Å². The van der Waals surface area contributed by atoms with Crippen LogP contribution in [-0.2, 0) is 4.79 Å². The summed E-state index contributed by atoms with van der Waals surface area (Å²) in [7, 11) is 0. The Morgan fingerprint density at radius 1 is 1.43 bits per heavy atom. The first-order chi connectivity index (χ1) is 9.99. The first-order valence-electron chi connectivity index (χ1n) is 7.26. The predicted molar refractivity (Wildman–Crippen MR) is 79.1 cm³/mol. The molecule has 0 aliphatic heterocycles. The highest BCUT2D eigenvalue weighted by Gasteiger charge is 2.38. The molecule has 3 rings (SSSR count). The summed E-state index contributed by atoms with van der Waals surface area (Å²) < 4.78 is 0.739. The minimum absolute atomic E-state index is 0.160. The topological polar surface area (TPSA) is 86.3 Å². The molecule has 0 radical (unpaired) electrons. The number of nitrogens with zero attached hydrogens (tertiary/aromatic N) is 2. The summed E-state index contributed by atoms with van der Waals surface area (Å²) in [6, 6.07) is 0.160. The molecule has 7 heteroatoms. The van der Waals surface area contributed by atoms with Crippen molar-refractivity contribution in [2.75, 3.05) is 6.54 Å². The zero-order valence-electron chi connectivity index (χ0n) is 11.8. The Hall–Kier alpha value is -1.37. The second-order valence-electron chi connectivity index (χ2n) is 6.00. The molecule has 1 aromatic rings. The van der Waals surface area contributed by atoms with Crippen LogP contribution in [0.25, 0.3) is 0 Å². The van der Waals surface area contributed by atoms with Gasteiger partial charge < -0.3 is 10.0 Å². The van der Waals surface area contributed by atoms with Crippen LogP contribution in [-0.4, -0.2) is 44.7 Å². The molecule has 2 N–H and O–H groups in total. The van der Waals surface area contributed by atoms with E-state index in [-0.39, 0.29) is 18.5 Å². The summed E-state index contributed by atoms with van der Waals surface area (Å²) in [5, 5.41) is 16.2. The van der Waals surface area contributed by atoms with Gasteiger partial charge in [-0.05, 0) is 41.6 Å². The van der Waals surface area contributed by atoms with E-state index in [1.165, 1.54) is 0 Å². The lowest BCUT2D eigenvalue weighted by molar-refractivity contribution is -0.141. The summed E-state index contributed by atoms with van der Waals surface area (Å²) in [6.45, 7) is 1.86. The van der Waals surface area contributed by atoms with E-state index in [1.807, 2.05) is 0 Å².